The van der Waals surface area contributed by atoms with Crippen molar-refractivity contribution in [2.24, 2.45) is 5.14 Å². The smallest absolute Gasteiger partial charge is 0.338 e. The van der Waals surface area contributed by atoms with E-state index in [4.69, 9.17) is 9.88 Å². The van der Waals surface area contributed by atoms with Crippen LogP contribution in [0.1, 0.15) is 22.8 Å². The van der Waals surface area contributed by atoms with Gasteiger partial charge in [-0.2, -0.15) is 0 Å². The molecule has 0 atom stereocenters. The lowest BCUT2D eigenvalue weighted by Crippen LogP contribution is -2.36. The van der Waals surface area contributed by atoms with E-state index < -0.39 is 27.8 Å². The van der Waals surface area contributed by atoms with E-state index in [0.717, 1.165) is 5.56 Å². The summed E-state index contributed by atoms with van der Waals surface area (Å²) in [7, 11) is -3.75. The summed E-state index contributed by atoms with van der Waals surface area (Å²) < 4.78 is 27.3. The average molecular weight is 419 g/mol. The molecule has 154 valence electrons. The predicted molar refractivity (Wildman–Crippen MR) is 106 cm³/mol. The van der Waals surface area contributed by atoms with Gasteiger partial charge in [-0.3, -0.25) is 9.59 Å². The Labute approximate surface area is 168 Å². The maximum atomic E-state index is 11.9. The molecule has 0 spiro atoms. The lowest BCUT2D eigenvalue weighted by Gasteiger charge is -2.08. The van der Waals surface area contributed by atoms with Crippen LogP contribution in [0.4, 0.5) is 5.69 Å². The second-order valence-corrected chi connectivity index (χ2v) is 7.51. The number of hydrogen-bond acceptors (Lipinski definition) is 6. The van der Waals surface area contributed by atoms with Gasteiger partial charge in [0, 0.05) is 12.2 Å². The van der Waals surface area contributed by atoms with E-state index in [0.29, 0.717) is 17.7 Å². The topological polar surface area (TPSA) is 145 Å². The molecule has 2 amide bonds. The van der Waals surface area contributed by atoms with Crippen LogP contribution in [-0.2, 0) is 30.8 Å². The van der Waals surface area contributed by atoms with Crippen LogP contribution in [-0.4, -0.2) is 39.4 Å². The SMILES string of the molecule is CCOC(=O)c1ccc(NC(=O)C(=O)NCCc2ccc(S(N)(=O)=O)cc2)cc1. The summed E-state index contributed by atoms with van der Waals surface area (Å²) in [4.78, 5) is 35.4. The number of nitrogens with one attached hydrogen (secondary N) is 2. The quantitative estimate of drug-likeness (QED) is 0.447. The monoisotopic (exact) mass is 419 g/mol. The van der Waals surface area contributed by atoms with Crippen LogP contribution in [0.3, 0.4) is 0 Å². The van der Waals surface area contributed by atoms with E-state index in [9.17, 15) is 22.8 Å². The number of primary sulfonamides is 1. The molecule has 2 rings (SSSR count). The Morgan fingerprint density at radius 3 is 2.14 bits per heavy atom. The first-order valence-electron chi connectivity index (χ1n) is 8.69. The molecule has 0 aliphatic heterocycles. The molecule has 0 bridgehead atoms. The number of benzene rings is 2. The van der Waals surface area contributed by atoms with Crippen LogP contribution in [0, 0.1) is 0 Å². The van der Waals surface area contributed by atoms with Crippen LogP contribution in [0.15, 0.2) is 53.4 Å². The van der Waals surface area contributed by atoms with Crippen molar-refractivity contribution in [1.29, 1.82) is 0 Å². The molecule has 0 heterocycles. The molecule has 4 N–H and O–H groups in total. The molecule has 9 nitrogen and oxygen atoms in total. The van der Waals surface area contributed by atoms with Crippen molar-refractivity contribution in [3.05, 3.63) is 59.7 Å². The van der Waals surface area contributed by atoms with Gasteiger partial charge in [0.2, 0.25) is 10.0 Å². The van der Waals surface area contributed by atoms with E-state index in [-0.39, 0.29) is 18.0 Å². The molecule has 0 aliphatic rings. The van der Waals surface area contributed by atoms with Crippen LogP contribution in [0.5, 0.6) is 0 Å². The number of anilines is 1. The maximum Gasteiger partial charge on any atom is 0.338 e. The van der Waals surface area contributed by atoms with Crippen molar-refractivity contribution in [2.75, 3.05) is 18.5 Å². The summed E-state index contributed by atoms with van der Waals surface area (Å²) in [5.74, 6) is -2.14. The molecule has 0 aliphatic carbocycles. The summed E-state index contributed by atoms with van der Waals surface area (Å²) in [5, 5.41) is 9.93. The van der Waals surface area contributed by atoms with Crippen LogP contribution in [0.2, 0.25) is 0 Å². The van der Waals surface area contributed by atoms with E-state index in [1.54, 1.807) is 19.1 Å². The number of rotatable bonds is 7. The minimum absolute atomic E-state index is 0.00126. The third-order valence-corrected chi connectivity index (χ3v) is 4.74. The number of sulfonamides is 1. The number of amides is 2. The Balaban J connectivity index is 1.82. The minimum atomic E-state index is -3.75. The van der Waals surface area contributed by atoms with Gasteiger partial charge in [0.15, 0.2) is 0 Å². The van der Waals surface area contributed by atoms with Gasteiger partial charge in [-0.25, -0.2) is 18.4 Å². The van der Waals surface area contributed by atoms with Crippen LogP contribution in [0.25, 0.3) is 0 Å². The first-order valence-corrected chi connectivity index (χ1v) is 10.2. The maximum absolute atomic E-state index is 11.9. The zero-order valence-corrected chi connectivity index (χ0v) is 16.5. The van der Waals surface area contributed by atoms with Gasteiger partial charge in [-0.15, -0.1) is 0 Å². The standard InChI is InChI=1S/C19H21N3O6S/c1-2-28-19(25)14-5-7-15(8-6-14)22-18(24)17(23)21-12-11-13-3-9-16(10-4-13)29(20,26)27/h3-10H,2,11-12H2,1H3,(H,21,23)(H,22,24)(H2,20,26,27). The van der Waals surface area contributed by atoms with Gasteiger partial charge >= 0.3 is 17.8 Å². The summed E-state index contributed by atoms with van der Waals surface area (Å²) in [6, 6.07) is 11.9. The van der Waals surface area contributed by atoms with Crippen LogP contribution < -0.4 is 15.8 Å². The number of ether oxygens (including phenoxy) is 1. The Bertz CT molecular complexity index is 986. The third-order valence-electron chi connectivity index (χ3n) is 3.81. The molecule has 2 aromatic rings. The number of nitrogens with two attached hydrogens (primary N) is 1. The highest BCUT2D eigenvalue weighted by Crippen LogP contribution is 2.11. The first-order chi connectivity index (χ1) is 13.7. The van der Waals surface area contributed by atoms with Gasteiger partial charge in [0.1, 0.15) is 0 Å². The molecular formula is C19H21N3O6S. The molecule has 0 saturated carbocycles. The number of esters is 1. The van der Waals surface area contributed by atoms with Crippen molar-refractivity contribution >= 4 is 33.5 Å². The highest BCUT2D eigenvalue weighted by molar-refractivity contribution is 7.89. The number of carbonyl (C=O) groups excluding carboxylic acids is 3. The normalized spacial score (nSPS) is 10.8. The van der Waals surface area contributed by atoms with E-state index in [1.807, 2.05) is 0 Å². The summed E-state index contributed by atoms with van der Waals surface area (Å²) in [6.45, 7) is 2.14. The van der Waals surface area contributed by atoms with Crippen molar-refractivity contribution in [1.82, 2.24) is 5.32 Å². The molecular weight excluding hydrogens is 398 g/mol. The van der Waals surface area contributed by atoms with Crippen molar-refractivity contribution < 1.29 is 27.5 Å². The lowest BCUT2D eigenvalue weighted by atomic mass is 10.1. The van der Waals surface area contributed by atoms with Gasteiger partial charge in [0.05, 0.1) is 17.1 Å². The van der Waals surface area contributed by atoms with Crippen molar-refractivity contribution in [3.8, 4) is 0 Å². The van der Waals surface area contributed by atoms with E-state index in [2.05, 4.69) is 10.6 Å². The molecule has 0 saturated heterocycles. The van der Waals surface area contributed by atoms with Gasteiger partial charge < -0.3 is 15.4 Å². The fourth-order valence-corrected chi connectivity index (χ4v) is 2.85. The molecule has 10 heteroatoms. The molecule has 0 aromatic heterocycles. The van der Waals surface area contributed by atoms with Gasteiger partial charge in [-0.1, -0.05) is 12.1 Å². The van der Waals surface area contributed by atoms with E-state index in [1.165, 1.54) is 36.4 Å². The van der Waals surface area contributed by atoms with Crippen molar-refractivity contribution in [3.63, 3.8) is 0 Å². The highest BCUT2D eigenvalue weighted by Gasteiger charge is 2.14. The van der Waals surface area contributed by atoms with Crippen molar-refractivity contribution in [2.45, 2.75) is 18.2 Å². The Kier molecular flexibility index (Phi) is 7.46. The first kappa shape index (κ1) is 22.1. The molecule has 0 unspecified atom stereocenters. The summed E-state index contributed by atoms with van der Waals surface area (Å²) in [6.07, 6.45) is 0.401. The molecule has 0 radical (unpaired) electrons. The van der Waals surface area contributed by atoms with Crippen LogP contribution >= 0.6 is 0 Å². The number of carbonyl (C=O) groups is 3. The zero-order chi connectivity index (χ0) is 21.4. The van der Waals surface area contributed by atoms with E-state index >= 15 is 0 Å². The third kappa shape index (κ3) is 6.70. The second-order valence-electron chi connectivity index (χ2n) is 5.95. The van der Waals surface area contributed by atoms with Gasteiger partial charge in [-0.05, 0) is 55.3 Å². The predicted octanol–water partition coefficient (Wildman–Crippen LogP) is 0.808. The molecule has 29 heavy (non-hydrogen) atoms. The molecule has 2 aromatic carbocycles. The number of hydrogen-bond donors (Lipinski definition) is 3. The average Bonchev–Trinajstić information content (AvgIpc) is 2.68. The minimum Gasteiger partial charge on any atom is -0.462 e. The summed E-state index contributed by atoms with van der Waals surface area (Å²) in [5.41, 5.74) is 1.46. The van der Waals surface area contributed by atoms with Gasteiger partial charge in [0.25, 0.3) is 0 Å². The lowest BCUT2D eigenvalue weighted by molar-refractivity contribution is -0.136. The molecule has 0 fully saturated rings. The second kappa shape index (κ2) is 9.80. The fourth-order valence-electron chi connectivity index (χ4n) is 2.34. The Hall–Kier alpha value is -3.24. The Morgan fingerprint density at radius 1 is 0.966 bits per heavy atom. The largest absolute Gasteiger partial charge is 0.462 e. The Morgan fingerprint density at radius 2 is 1.59 bits per heavy atom. The zero-order valence-electron chi connectivity index (χ0n) is 15.7. The highest BCUT2D eigenvalue weighted by atomic mass is 32.2. The summed E-state index contributed by atoms with van der Waals surface area (Å²) >= 11 is 0. The fraction of sp³-hybridized carbons (Fsp3) is 0.211.